The first kappa shape index (κ1) is 30.0. The molecule has 3 aromatic rings. The molecule has 41 heavy (non-hydrogen) atoms. The molecule has 4 rings (SSSR count). The number of nitrogens with one attached hydrogen (secondary N) is 1. The van der Waals surface area contributed by atoms with Crippen LogP contribution in [-0.2, 0) is 35.6 Å². The van der Waals surface area contributed by atoms with Gasteiger partial charge in [0.15, 0.2) is 11.1 Å². The fourth-order valence-corrected chi connectivity index (χ4v) is 6.88. The number of benzene rings is 2. The SMILES string of the molecule is CCOC(=O)C1=C(C)NC(C)C(C(=O)OCC)(c2nc(C(=O)OCC)c(Cc3ccccc3)s2)C1c1ccccc1. The predicted molar refractivity (Wildman–Crippen MR) is 157 cm³/mol. The summed E-state index contributed by atoms with van der Waals surface area (Å²) in [6.45, 7) is 9.37. The minimum absolute atomic E-state index is 0.124. The second kappa shape index (κ2) is 13.1. The van der Waals surface area contributed by atoms with Crippen LogP contribution >= 0.6 is 11.3 Å². The molecule has 1 aliphatic heterocycles. The highest BCUT2D eigenvalue weighted by atomic mass is 32.1. The molecule has 1 aliphatic rings. The topological polar surface area (TPSA) is 104 Å². The summed E-state index contributed by atoms with van der Waals surface area (Å²) in [5, 5.41) is 3.73. The number of esters is 3. The molecular formula is C32H36N2O6S. The quantitative estimate of drug-likeness (QED) is 0.255. The molecule has 3 unspecified atom stereocenters. The van der Waals surface area contributed by atoms with Crippen molar-refractivity contribution in [2.45, 2.75) is 58.4 Å². The van der Waals surface area contributed by atoms with E-state index in [9.17, 15) is 14.4 Å². The Morgan fingerprint density at radius 2 is 1.46 bits per heavy atom. The first-order chi connectivity index (χ1) is 19.8. The monoisotopic (exact) mass is 576 g/mol. The molecule has 3 atom stereocenters. The Hall–Kier alpha value is -3.98. The minimum Gasteiger partial charge on any atom is -0.465 e. The summed E-state index contributed by atoms with van der Waals surface area (Å²) in [7, 11) is 0. The Kier molecular flexibility index (Phi) is 9.60. The van der Waals surface area contributed by atoms with Gasteiger partial charge in [-0.3, -0.25) is 4.79 Å². The molecule has 0 spiro atoms. The zero-order valence-electron chi connectivity index (χ0n) is 24.1. The van der Waals surface area contributed by atoms with Crippen molar-refractivity contribution in [3.05, 3.63) is 98.6 Å². The number of carbonyl (C=O) groups is 3. The lowest BCUT2D eigenvalue weighted by Gasteiger charge is -2.46. The molecule has 1 aromatic heterocycles. The molecule has 9 heteroatoms. The van der Waals surface area contributed by atoms with E-state index in [1.165, 1.54) is 11.3 Å². The summed E-state index contributed by atoms with van der Waals surface area (Å²) in [5.74, 6) is -2.44. The van der Waals surface area contributed by atoms with Gasteiger partial charge in [0.25, 0.3) is 0 Å². The maximum atomic E-state index is 14.3. The second-order valence-electron chi connectivity index (χ2n) is 9.73. The van der Waals surface area contributed by atoms with E-state index >= 15 is 0 Å². The first-order valence-electron chi connectivity index (χ1n) is 13.9. The third-order valence-corrected chi connectivity index (χ3v) is 8.44. The lowest BCUT2D eigenvalue weighted by atomic mass is 9.62. The van der Waals surface area contributed by atoms with Crippen molar-refractivity contribution in [1.29, 1.82) is 0 Å². The molecular weight excluding hydrogens is 540 g/mol. The largest absolute Gasteiger partial charge is 0.465 e. The average Bonchev–Trinajstić information content (AvgIpc) is 3.38. The Morgan fingerprint density at radius 3 is 2.07 bits per heavy atom. The van der Waals surface area contributed by atoms with E-state index in [-0.39, 0.29) is 25.5 Å². The molecule has 8 nitrogen and oxygen atoms in total. The highest BCUT2D eigenvalue weighted by Crippen LogP contribution is 2.52. The molecule has 0 amide bonds. The molecule has 1 N–H and O–H groups in total. The number of hydrogen-bond donors (Lipinski definition) is 1. The van der Waals surface area contributed by atoms with Gasteiger partial charge in [-0.05, 0) is 45.7 Å². The van der Waals surface area contributed by atoms with Crippen molar-refractivity contribution >= 4 is 29.2 Å². The van der Waals surface area contributed by atoms with Gasteiger partial charge in [0.1, 0.15) is 5.01 Å². The number of rotatable bonds is 10. The van der Waals surface area contributed by atoms with E-state index < -0.39 is 35.3 Å². The van der Waals surface area contributed by atoms with Crippen LogP contribution in [0.25, 0.3) is 0 Å². The molecule has 0 radical (unpaired) electrons. The Balaban J connectivity index is 2.04. The van der Waals surface area contributed by atoms with Crippen molar-refractivity contribution in [3.8, 4) is 0 Å². The van der Waals surface area contributed by atoms with Crippen molar-refractivity contribution in [2.75, 3.05) is 19.8 Å². The zero-order valence-corrected chi connectivity index (χ0v) is 24.9. The summed E-state index contributed by atoms with van der Waals surface area (Å²) in [6.07, 6.45) is 0.420. The first-order valence-corrected chi connectivity index (χ1v) is 14.7. The normalized spacial score (nSPS) is 20.2. The number of nitrogens with zero attached hydrogens (tertiary/aromatic N) is 1. The standard InChI is InChI=1S/C32H36N2O6S/c1-6-38-28(35)25-20(4)33-21(5)32(31(37)40-8-3,26(25)23-17-13-10-14-18-23)30-34-27(29(36)39-7-2)24(41-30)19-22-15-11-9-12-16-22/h9-18,21,26,33H,6-8,19H2,1-5H3. The smallest absolute Gasteiger partial charge is 0.358 e. The summed E-state index contributed by atoms with van der Waals surface area (Å²) in [6, 6.07) is 18.5. The second-order valence-corrected chi connectivity index (χ2v) is 10.8. The molecule has 2 heterocycles. The van der Waals surface area contributed by atoms with Crippen LogP contribution in [0.5, 0.6) is 0 Å². The van der Waals surface area contributed by atoms with E-state index in [2.05, 4.69) is 5.32 Å². The van der Waals surface area contributed by atoms with Crippen LogP contribution in [0.15, 0.2) is 71.9 Å². The number of ether oxygens (including phenoxy) is 3. The maximum absolute atomic E-state index is 14.3. The van der Waals surface area contributed by atoms with Gasteiger partial charge in [-0.15, -0.1) is 11.3 Å². The third-order valence-electron chi connectivity index (χ3n) is 7.23. The fourth-order valence-electron chi connectivity index (χ4n) is 5.50. The number of allylic oxidation sites excluding steroid dienone is 1. The number of hydrogen-bond acceptors (Lipinski definition) is 9. The molecule has 0 saturated carbocycles. The predicted octanol–water partition coefficient (Wildman–Crippen LogP) is 5.32. The third kappa shape index (κ3) is 5.77. The number of thiazole rings is 1. The van der Waals surface area contributed by atoms with Gasteiger partial charge in [-0.1, -0.05) is 60.7 Å². The highest BCUT2D eigenvalue weighted by Gasteiger charge is 2.60. The van der Waals surface area contributed by atoms with Crippen molar-refractivity contribution in [1.82, 2.24) is 10.3 Å². The van der Waals surface area contributed by atoms with Crippen LogP contribution in [0.4, 0.5) is 0 Å². The van der Waals surface area contributed by atoms with Gasteiger partial charge in [-0.25, -0.2) is 14.6 Å². The van der Waals surface area contributed by atoms with Crippen LogP contribution in [0.1, 0.15) is 72.0 Å². The molecule has 0 fully saturated rings. The van der Waals surface area contributed by atoms with Gasteiger partial charge in [-0.2, -0.15) is 0 Å². The van der Waals surface area contributed by atoms with Gasteiger partial charge in [0, 0.05) is 29.0 Å². The summed E-state index contributed by atoms with van der Waals surface area (Å²) >= 11 is 1.27. The van der Waals surface area contributed by atoms with Gasteiger partial charge in [0.2, 0.25) is 0 Å². The van der Waals surface area contributed by atoms with Gasteiger partial charge in [0.05, 0.1) is 25.4 Å². The van der Waals surface area contributed by atoms with E-state index in [0.29, 0.717) is 27.6 Å². The van der Waals surface area contributed by atoms with Crippen LogP contribution in [0.3, 0.4) is 0 Å². The van der Waals surface area contributed by atoms with E-state index in [1.54, 1.807) is 27.7 Å². The van der Waals surface area contributed by atoms with Crippen molar-refractivity contribution < 1.29 is 28.6 Å². The van der Waals surface area contributed by atoms with E-state index in [0.717, 1.165) is 11.1 Å². The molecule has 2 aromatic carbocycles. The molecule has 216 valence electrons. The lowest BCUT2D eigenvalue weighted by Crippen LogP contribution is -2.60. The van der Waals surface area contributed by atoms with E-state index in [4.69, 9.17) is 19.2 Å². The highest BCUT2D eigenvalue weighted by molar-refractivity contribution is 7.12. The minimum atomic E-state index is -1.50. The maximum Gasteiger partial charge on any atom is 0.358 e. The summed E-state index contributed by atoms with van der Waals surface area (Å²) in [4.78, 5) is 46.6. The van der Waals surface area contributed by atoms with Crippen molar-refractivity contribution in [3.63, 3.8) is 0 Å². The van der Waals surface area contributed by atoms with Gasteiger partial charge >= 0.3 is 17.9 Å². The molecule has 0 bridgehead atoms. The Labute approximate surface area is 244 Å². The fraction of sp³-hybridized carbons (Fsp3) is 0.375. The lowest BCUT2D eigenvalue weighted by molar-refractivity contribution is -0.153. The average molecular weight is 577 g/mol. The van der Waals surface area contributed by atoms with Crippen LogP contribution in [0, 0.1) is 0 Å². The summed E-state index contributed by atoms with van der Waals surface area (Å²) < 4.78 is 16.6. The number of carbonyl (C=O) groups excluding carboxylic acids is 3. The van der Waals surface area contributed by atoms with Crippen molar-refractivity contribution in [2.24, 2.45) is 0 Å². The van der Waals surface area contributed by atoms with E-state index in [1.807, 2.05) is 67.6 Å². The van der Waals surface area contributed by atoms with Crippen LogP contribution in [-0.4, -0.2) is 48.8 Å². The van der Waals surface area contributed by atoms with Crippen LogP contribution in [0.2, 0.25) is 0 Å². The molecule has 0 saturated heterocycles. The Morgan fingerprint density at radius 1 is 0.878 bits per heavy atom. The van der Waals surface area contributed by atoms with Crippen LogP contribution < -0.4 is 5.32 Å². The number of aromatic nitrogens is 1. The van der Waals surface area contributed by atoms with Gasteiger partial charge < -0.3 is 19.5 Å². The Bertz CT molecular complexity index is 1420. The molecule has 0 aliphatic carbocycles. The zero-order chi connectivity index (χ0) is 29.6. The summed E-state index contributed by atoms with van der Waals surface area (Å²) in [5.41, 5.74) is 1.30.